The van der Waals surface area contributed by atoms with Gasteiger partial charge in [-0.25, -0.2) is 0 Å². The van der Waals surface area contributed by atoms with Crippen LogP contribution in [0, 0.1) is 11.8 Å². The summed E-state index contributed by atoms with van der Waals surface area (Å²) in [6.45, 7) is 19.0. The first-order valence-electron chi connectivity index (χ1n) is 13.9. The highest BCUT2D eigenvalue weighted by atomic mass is 28.4. The predicted octanol–water partition coefficient (Wildman–Crippen LogP) is 5.53. The SMILES string of the molecule is C[C@H]1C/C=C/[C@@H]2OC(C)(C)O[C@H]2C=C[C@@H]2O[C@H]2C[C@@H]([C@H](C[C@@H](C)CO)O[Si](C)(C)C(C)(C)C)OC(=O)C1. The fraction of sp³-hybridized carbons (Fsp3) is 0.828. The number of ether oxygens (including phenoxy) is 4. The van der Waals surface area contributed by atoms with Crippen LogP contribution in [0.1, 0.15) is 74.1 Å². The molecule has 8 heteroatoms. The van der Waals surface area contributed by atoms with E-state index in [0.29, 0.717) is 19.3 Å². The summed E-state index contributed by atoms with van der Waals surface area (Å²) in [5, 5.41) is 9.83. The van der Waals surface area contributed by atoms with Crippen molar-refractivity contribution >= 4 is 14.3 Å². The van der Waals surface area contributed by atoms with Crippen LogP contribution in [0.5, 0.6) is 0 Å². The highest BCUT2D eigenvalue weighted by Gasteiger charge is 2.46. The lowest BCUT2D eigenvalue weighted by Crippen LogP contribution is -2.49. The standard InChI is InChI=1S/C29H50O7Si/c1-19-11-10-12-22-23(35-29(6,7)34-22)14-13-21-24(32-21)17-25(33-27(31)16-19)26(15-20(2)18-30)36-37(8,9)28(3,4)5/h10,12-14,19-26,30H,11,15-18H2,1-9H3/b12-10+,14-13?/t19-,20+,21-,22-,23-,24-,25-,26-/m0/s1. The number of carbonyl (C=O) groups excluding carboxylic acids is 1. The Bertz CT molecular complexity index is 831. The van der Waals surface area contributed by atoms with Gasteiger partial charge in [0, 0.05) is 19.4 Å². The Balaban J connectivity index is 1.85. The van der Waals surface area contributed by atoms with Gasteiger partial charge < -0.3 is 28.5 Å². The quantitative estimate of drug-likeness (QED) is 0.206. The molecule has 0 radical (unpaired) electrons. The van der Waals surface area contributed by atoms with Gasteiger partial charge in [-0.15, -0.1) is 0 Å². The maximum absolute atomic E-state index is 13.1. The average Bonchev–Trinajstić information content (AvgIpc) is 3.43. The van der Waals surface area contributed by atoms with Gasteiger partial charge >= 0.3 is 5.97 Å². The van der Waals surface area contributed by atoms with Crippen molar-refractivity contribution in [1.29, 1.82) is 0 Å². The molecule has 0 unspecified atom stereocenters. The van der Waals surface area contributed by atoms with Crippen LogP contribution in [0.2, 0.25) is 18.1 Å². The van der Waals surface area contributed by atoms with Gasteiger partial charge in [0.2, 0.25) is 0 Å². The molecule has 7 nitrogen and oxygen atoms in total. The van der Waals surface area contributed by atoms with Gasteiger partial charge in [-0.05, 0) is 56.7 Å². The van der Waals surface area contributed by atoms with Gasteiger partial charge in [-0.1, -0.05) is 58.9 Å². The Morgan fingerprint density at radius 1 is 1.14 bits per heavy atom. The summed E-state index contributed by atoms with van der Waals surface area (Å²) in [4.78, 5) is 13.1. The molecule has 1 N–H and O–H groups in total. The zero-order valence-electron chi connectivity index (χ0n) is 24.4. The highest BCUT2D eigenvalue weighted by Crippen LogP contribution is 2.40. The second-order valence-electron chi connectivity index (χ2n) is 13.3. The third-order valence-electron chi connectivity index (χ3n) is 8.02. The van der Waals surface area contributed by atoms with Crippen LogP contribution in [-0.4, -0.2) is 68.4 Å². The van der Waals surface area contributed by atoms with Crippen LogP contribution in [-0.2, 0) is 28.2 Å². The molecular formula is C29H50O7Si. The van der Waals surface area contributed by atoms with E-state index in [4.69, 9.17) is 23.4 Å². The zero-order chi connectivity index (χ0) is 27.6. The minimum atomic E-state index is -2.16. The Kier molecular flexibility index (Phi) is 9.90. The van der Waals surface area contributed by atoms with E-state index in [1.807, 2.05) is 39.0 Å². The van der Waals surface area contributed by atoms with Crippen molar-refractivity contribution < 1.29 is 33.3 Å². The Hall–Kier alpha value is -1.03. The van der Waals surface area contributed by atoms with E-state index >= 15 is 0 Å². The Labute approximate surface area is 225 Å². The molecule has 2 fully saturated rings. The maximum Gasteiger partial charge on any atom is 0.306 e. The number of hydrogen-bond acceptors (Lipinski definition) is 7. The summed E-state index contributed by atoms with van der Waals surface area (Å²) < 4.78 is 31.2. The summed E-state index contributed by atoms with van der Waals surface area (Å²) in [5.41, 5.74) is 0. The second kappa shape index (κ2) is 12.0. The van der Waals surface area contributed by atoms with Crippen molar-refractivity contribution in [3.05, 3.63) is 24.3 Å². The lowest BCUT2D eigenvalue weighted by atomic mass is 9.97. The number of esters is 1. The molecule has 0 bridgehead atoms. The number of aliphatic hydroxyl groups is 1. The molecule has 0 saturated carbocycles. The predicted molar refractivity (Wildman–Crippen MR) is 147 cm³/mol. The molecule has 0 amide bonds. The smallest absolute Gasteiger partial charge is 0.306 e. The lowest BCUT2D eigenvalue weighted by Gasteiger charge is -2.41. The third kappa shape index (κ3) is 8.73. The second-order valence-corrected chi connectivity index (χ2v) is 18.0. The van der Waals surface area contributed by atoms with E-state index in [1.54, 1.807) is 0 Å². The molecule has 3 aliphatic heterocycles. The van der Waals surface area contributed by atoms with E-state index in [1.165, 1.54) is 0 Å². The highest BCUT2D eigenvalue weighted by molar-refractivity contribution is 6.74. The molecule has 3 rings (SSSR count). The monoisotopic (exact) mass is 538 g/mol. The summed E-state index contributed by atoms with van der Waals surface area (Å²) >= 11 is 0. The van der Waals surface area contributed by atoms with Gasteiger partial charge in [0.25, 0.3) is 0 Å². The van der Waals surface area contributed by atoms with Crippen molar-refractivity contribution in [3.8, 4) is 0 Å². The van der Waals surface area contributed by atoms with E-state index in [0.717, 1.165) is 6.42 Å². The molecule has 8 atom stereocenters. The summed E-state index contributed by atoms with van der Waals surface area (Å²) in [6.07, 6.45) is 9.22. The molecule has 0 aromatic rings. The number of fused-ring (bicyclic) bond motifs is 2. The van der Waals surface area contributed by atoms with Crippen LogP contribution in [0.4, 0.5) is 0 Å². The molecule has 0 aromatic heterocycles. The van der Waals surface area contributed by atoms with Crippen LogP contribution >= 0.6 is 0 Å². The number of aliphatic hydroxyl groups excluding tert-OH is 1. The zero-order valence-corrected chi connectivity index (χ0v) is 25.4. The van der Waals surface area contributed by atoms with Crippen molar-refractivity contribution in [1.82, 2.24) is 0 Å². The number of hydrogen-bond donors (Lipinski definition) is 1. The molecule has 0 aliphatic carbocycles. The summed E-state index contributed by atoms with van der Waals surface area (Å²) in [7, 11) is -2.16. The molecule has 0 aromatic carbocycles. The fourth-order valence-corrected chi connectivity index (χ4v) is 6.04. The summed E-state index contributed by atoms with van der Waals surface area (Å²) in [5.74, 6) is -0.713. The first kappa shape index (κ1) is 30.5. The van der Waals surface area contributed by atoms with E-state index in [-0.39, 0.29) is 60.0 Å². The van der Waals surface area contributed by atoms with Crippen LogP contribution < -0.4 is 0 Å². The number of carbonyl (C=O) groups is 1. The van der Waals surface area contributed by atoms with Gasteiger partial charge in [0.1, 0.15) is 24.4 Å². The average molecular weight is 539 g/mol. The van der Waals surface area contributed by atoms with E-state index in [9.17, 15) is 9.90 Å². The molecular weight excluding hydrogens is 488 g/mol. The van der Waals surface area contributed by atoms with Crippen LogP contribution in [0.25, 0.3) is 0 Å². The lowest BCUT2D eigenvalue weighted by molar-refractivity contribution is -0.157. The third-order valence-corrected chi connectivity index (χ3v) is 12.5. The molecule has 3 heterocycles. The molecule has 212 valence electrons. The minimum Gasteiger partial charge on any atom is -0.460 e. The van der Waals surface area contributed by atoms with Crippen molar-refractivity contribution in [2.45, 2.75) is 135 Å². The van der Waals surface area contributed by atoms with E-state index < -0.39 is 20.2 Å². The number of epoxide rings is 1. The van der Waals surface area contributed by atoms with Crippen LogP contribution in [0.15, 0.2) is 24.3 Å². The van der Waals surface area contributed by atoms with Crippen molar-refractivity contribution in [2.24, 2.45) is 11.8 Å². The van der Waals surface area contributed by atoms with Gasteiger partial charge in [-0.3, -0.25) is 4.79 Å². The minimum absolute atomic E-state index is 0.00733. The maximum atomic E-state index is 13.1. The van der Waals surface area contributed by atoms with Crippen molar-refractivity contribution in [2.75, 3.05) is 6.61 Å². The largest absolute Gasteiger partial charge is 0.460 e. The molecule has 3 aliphatic rings. The first-order valence-corrected chi connectivity index (χ1v) is 16.9. The Morgan fingerprint density at radius 3 is 2.38 bits per heavy atom. The van der Waals surface area contributed by atoms with Gasteiger partial charge in [-0.2, -0.15) is 0 Å². The summed E-state index contributed by atoms with van der Waals surface area (Å²) in [6, 6.07) is 0. The number of rotatable bonds is 6. The van der Waals surface area contributed by atoms with E-state index in [2.05, 4.69) is 46.9 Å². The molecule has 2 saturated heterocycles. The van der Waals surface area contributed by atoms with Crippen molar-refractivity contribution in [3.63, 3.8) is 0 Å². The fourth-order valence-electron chi connectivity index (χ4n) is 4.69. The first-order chi connectivity index (χ1) is 17.1. The number of allylic oxidation sites excluding steroid dienone is 1. The van der Waals surface area contributed by atoms with Crippen LogP contribution in [0.3, 0.4) is 0 Å². The topological polar surface area (TPSA) is 86.8 Å². The number of cyclic esters (lactones) is 1. The normalized spacial score (nSPS) is 35.4. The van der Waals surface area contributed by atoms with Gasteiger partial charge in [0.15, 0.2) is 14.1 Å². The van der Waals surface area contributed by atoms with Gasteiger partial charge in [0.05, 0.1) is 12.2 Å². The molecule has 0 spiro atoms. The molecule has 37 heavy (non-hydrogen) atoms. The Morgan fingerprint density at radius 2 is 1.76 bits per heavy atom.